The molecule has 0 spiro atoms. The van der Waals surface area contributed by atoms with Gasteiger partial charge in [-0.15, -0.1) is 0 Å². The van der Waals surface area contributed by atoms with E-state index in [9.17, 15) is 9.59 Å². The third kappa shape index (κ3) is 3.86. The highest BCUT2D eigenvalue weighted by atomic mass is 16.5. The molecule has 0 saturated carbocycles. The van der Waals surface area contributed by atoms with Crippen molar-refractivity contribution in [2.75, 3.05) is 31.2 Å². The molecule has 0 aliphatic carbocycles. The Morgan fingerprint density at radius 3 is 2.79 bits per heavy atom. The maximum atomic E-state index is 12.3. The number of nitrogens with zero attached hydrogens (tertiary/aromatic N) is 4. The SMILES string of the molecule is Cc1ccn2c(=O)cc(COC(=O)c3ccc(N4CCOCC4)nc3)nc2c1. The molecule has 1 fully saturated rings. The van der Waals surface area contributed by atoms with Crippen molar-refractivity contribution in [3.05, 3.63) is 69.9 Å². The van der Waals surface area contributed by atoms with Crippen LogP contribution in [0, 0.1) is 6.92 Å². The summed E-state index contributed by atoms with van der Waals surface area (Å²) in [6, 6.07) is 8.50. The Labute approximate surface area is 161 Å². The smallest absolute Gasteiger partial charge is 0.340 e. The van der Waals surface area contributed by atoms with Crippen LogP contribution in [0.2, 0.25) is 0 Å². The zero-order valence-electron chi connectivity index (χ0n) is 15.5. The summed E-state index contributed by atoms with van der Waals surface area (Å²) < 4.78 is 12.1. The molecule has 0 unspecified atom stereocenters. The number of anilines is 1. The summed E-state index contributed by atoms with van der Waals surface area (Å²) in [5.41, 5.74) is 2.06. The van der Waals surface area contributed by atoms with E-state index in [2.05, 4.69) is 14.9 Å². The summed E-state index contributed by atoms with van der Waals surface area (Å²) in [6.45, 7) is 4.74. The van der Waals surface area contributed by atoms with E-state index in [4.69, 9.17) is 9.47 Å². The number of esters is 1. The first-order chi connectivity index (χ1) is 13.6. The van der Waals surface area contributed by atoms with E-state index < -0.39 is 5.97 Å². The van der Waals surface area contributed by atoms with Gasteiger partial charge in [-0.2, -0.15) is 0 Å². The number of carbonyl (C=O) groups excluding carboxylic acids is 1. The van der Waals surface area contributed by atoms with Crippen LogP contribution < -0.4 is 10.5 Å². The van der Waals surface area contributed by atoms with Gasteiger partial charge in [0.15, 0.2) is 0 Å². The van der Waals surface area contributed by atoms with Crippen LogP contribution in [0.5, 0.6) is 0 Å². The van der Waals surface area contributed by atoms with E-state index in [1.165, 1.54) is 16.7 Å². The van der Waals surface area contributed by atoms with Gasteiger partial charge in [0.05, 0.1) is 24.5 Å². The van der Waals surface area contributed by atoms with Gasteiger partial charge in [-0.3, -0.25) is 9.20 Å². The highest BCUT2D eigenvalue weighted by Crippen LogP contribution is 2.14. The highest BCUT2D eigenvalue weighted by Gasteiger charge is 2.14. The van der Waals surface area contributed by atoms with E-state index in [-0.39, 0.29) is 12.2 Å². The number of hydrogen-bond acceptors (Lipinski definition) is 7. The lowest BCUT2D eigenvalue weighted by atomic mass is 10.2. The molecule has 0 atom stereocenters. The Balaban J connectivity index is 1.44. The van der Waals surface area contributed by atoms with Crippen LogP contribution in [0.4, 0.5) is 5.82 Å². The minimum atomic E-state index is -0.507. The van der Waals surface area contributed by atoms with Crippen LogP contribution in [0.15, 0.2) is 47.5 Å². The first-order valence-corrected chi connectivity index (χ1v) is 9.05. The lowest BCUT2D eigenvalue weighted by molar-refractivity contribution is 0.0467. The number of aryl methyl sites for hydroxylation is 1. The molecular formula is C20H20N4O4. The van der Waals surface area contributed by atoms with Crippen molar-refractivity contribution in [3.8, 4) is 0 Å². The maximum absolute atomic E-state index is 12.3. The fraction of sp³-hybridized carbons (Fsp3) is 0.300. The van der Waals surface area contributed by atoms with Crippen molar-refractivity contribution < 1.29 is 14.3 Å². The molecule has 1 saturated heterocycles. The molecule has 3 aromatic heterocycles. The Morgan fingerprint density at radius 1 is 1.21 bits per heavy atom. The molecule has 0 amide bonds. The number of fused-ring (bicyclic) bond motifs is 1. The largest absolute Gasteiger partial charge is 0.456 e. The normalized spacial score (nSPS) is 14.2. The molecule has 0 N–H and O–H groups in total. The van der Waals surface area contributed by atoms with Crippen LogP contribution in [-0.4, -0.2) is 46.6 Å². The van der Waals surface area contributed by atoms with E-state index in [0.29, 0.717) is 30.1 Å². The van der Waals surface area contributed by atoms with Crippen molar-refractivity contribution in [2.24, 2.45) is 0 Å². The van der Waals surface area contributed by atoms with E-state index in [1.807, 2.05) is 13.0 Å². The monoisotopic (exact) mass is 380 g/mol. The number of hydrogen-bond donors (Lipinski definition) is 0. The van der Waals surface area contributed by atoms with Gasteiger partial charge in [0.2, 0.25) is 0 Å². The third-order valence-corrected chi connectivity index (χ3v) is 4.55. The van der Waals surface area contributed by atoms with Crippen LogP contribution in [0.1, 0.15) is 21.6 Å². The summed E-state index contributed by atoms with van der Waals surface area (Å²) in [5.74, 6) is 0.298. The average molecular weight is 380 g/mol. The fourth-order valence-corrected chi connectivity index (χ4v) is 3.04. The molecule has 144 valence electrons. The van der Waals surface area contributed by atoms with E-state index in [0.717, 1.165) is 24.5 Å². The Morgan fingerprint density at radius 2 is 2.04 bits per heavy atom. The first-order valence-electron chi connectivity index (χ1n) is 9.05. The van der Waals surface area contributed by atoms with Gasteiger partial charge in [0.25, 0.3) is 5.56 Å². The highest BCUT2D eigenvalue weighted by molar-refractivity contribution is 5.89. The molecule has 4 heterocycles. The number of rotatable bonds is 4. The topological polar surface area (TPSA) is 86.0 Å². The molecule has 3 aromatic rings. The minimum absolute atomic E-state index is 0.0796. The van der Waals surface area contributed by atoms with Gasteiger partial charge in [0, 0.05) is 31.5 Å². The number of morpholine rings is 1. The zero-order valence-corrected chi connectivity index (χ0v) is 15.5. The molecule has 1 aliphatic heterocycles. The Kier molecular flexibility index (Phi) is 5.03. The second kappa shape index (κ2) is 7.77. The quantitative estimate of drug-likeness (QED) is 0.635. The fourth-order valence-electron chi connectivity index (χ4n) is 3.04. The van der Waals surface area contributed by atoms with Crippen LogP contribution >= 0.6 is 0 Å². The van der Waals surface area contributed by atoms with Crippen molar-refractivity contribution in [1.82, 2.24) is 14.4 Å². The van der Waals surface area contributed by atoms with Gasteiger partial charge in [-0.25, -0.2) is 14.8 Å². The number of ether oxygens (including phenoxy) is 2. The van der Waals surface area contributed by atoms with Gasteiger partial charge in [0.1, 0.15) is 18.1 Å². The summed E-state index contributed by atoms with van der Waals surface area (Å²) in [5, 5.41) is 0. The number of pyridine rings is 2. The van der Waals surface area contributed by atoms with Gasteiger partial charge in [-0.1, -0.05) is 0 Å². The minimum Gasteiger partial charge on any atom is -0.456 e. The van der Waals surface area contributed by atoms with Gasteiger partial charge < -0.3 is 14.4 Å². The standard InChI is InChI=1S/C20H20N4O4/c1-14-4-5-24-18(10-14)22-16(11-19(24)25)13-28-20(26)15-2-3-17(21-12-15)23-6-8-27-9-7-23/h2-5,10-12H,6-9,13H2,1H3. The second-order valence-electron chi connectivity index (χ2n) is 6.60. The lowest BCUT2D eigenvalue weighted by Gasteiger charge is -2.27. The Hall–Kier alpha value is -3.26. The van der Waals surface area contributed by atoms with E-state index in [1.54, 1.807) is 24.4 Å². The zero-order chi connectivity index (χ0) is 19.5. The number of aromatic nitrogens is 3. The second-order valence-corrected chi connectivity index (χ2v) is 6.60. The molecule has 8 heteroatoms. The molecule has 4 rings (SSSR count). The molecule has 0 radical (unpaired) electrons. The summed E-state index contributed by atoms with van der Waals surface area (Å²) >= 11 is 0. The molecule has 0 bridgehead atoms. The van der Waals surface area contributed by atoms with Crippen molar-refractivity contribution in [3.63, 3.8) is 0 Å². The molecule has 28 heavy (non-hydrogen) atoms. The van der Waals surface area contributed by atoms with Crippen molar-refractivity contribution in [1.29, 1.82) is 0 Å². The number of carbonyl (C=O) groups is 1. The predicted molar refractivity (Wildman–Crippen MR) is 103 cm³/mol. The lowest BCUT2D eigenvalue weighted by Crippen LogP contribution is -2.36. The average Bonchev–Trinajstić information content (AvgIpc) is 2.72. The summed E-state index contributed by atoms with van der Waals surface area (Å²) in [6.07, 6.45) is 3.18. The molecular weight excluding hydrogens is 360 g/mol. The maximum Gasteiger partial charge on any atom is 0.340 e. The summed E-state index contributed by atoms with van der Waals surface area (Å²) in [4.78, 5) is 35.3. The molecule has 8 nitrogen and oxygen atoms in total. The van der Waals surface area contributed by atoms with Gasteiger partial charge in [-0.05, 0) is 36.8 Å². The van der Waals surface area contributed by atoms with Crippen LogP contribution in [0.25, 0.3) is 5.65 Å². The van der Waals surface area contributed by atoms with Crippen molar-refractivity contribution >= 4 is 17.4 Å². The Bertz CT molecular complexity index is 1060. The predicted octanol–water partition coefficient (Wildman–Crippen LogP) is 1.59. The molecule has 1 aliphatic rings. The molecule has 0 aromatic carbocycles. The van der Waals surface area contributed by atoms with Crippen LogP contribution in [-0.2, 0) is 16.1 Å². The first kappa shape index (κ1) is 18.1. The van der Waals surface area contributed by atoms with Gasteiger partial charge >= 0.3 is 5.97 Å². The van der Waals surface area contributed by atoms with E-state index >= 15 is 0 Å². The summed E-state index contributed by atoms with van der Waals surface area (Å²) in [7, 11) is 0. The third-order valence-electron chi connectivity index (χ3n) is 4.55. The van der Waals surface area contributed by atoms with Crippen LogP contribution in [0.3, 0.4) is 0 Å². The van der Waals surface area contributed by atoms with Crippen molar-refractivity contribution in [2.45, 2.75) is 13.5 Å².